The number of nitrogens with two attached hydrogens (primary N) is 1. The lowest BCUT2D eigenvalue weighted by molar-refractivity contribution is 0.0945. The van der Waals surface area contributed by atoms with Crippen LogP contribution in [-0.4, -0.2) is 11.9 Å². The first-order valence-corrected chi connectivity index (χ1v) is 4.90. The molecule has 0 aromatic heterocycles. The predicted molar refractivity (Wildman–Crippen MR) is 61.2 cm³/mol. The maximum atomic E-state index is 12.9. The minimum atomic E-state index is -0.506. The minimum Gasteiger partial charge on any atom is -0.398 e. The lowest BCUT2D eigenvalue weighted by atomic mass is 10.1. The summed E-state index contributed by atoms with van der Waals surface area (Å²) >= 11 is 0. The van der Waals surface area contributed by atoms with Crippen molar-refractivity contribution in [2.45, 2.75) is 19.4 Å². The van der Waals surface area contributed by atoms with Crippen molar-refractivity contribution in [1.29, 1.82) is 0 Å². The van der Waals surface area contributed by atoms with Crippen LogP contribution in [0.2, 0.25) is 0 Å². The van der Waals surface area contributed by atoms with Crippen LogP contribution in [0.15, 0.2) is 18.2 Å². The van der Waals surface area contributed by atoms with Gasteiger partial charge in [0.1, 0.15) is 5.82 Å². The number of terminal acetylenes is 1. The van der Waals surface area contributed by atoms with Gasteiger partial charge < -0.3 is 11.1 Å². The summed E-state index contributed by atoms with van der Waals surface area (Å²) in [7, 11) is 0. The van der Waals surface area contributed by atoms with Crippen molar-refractivity contribution in [3.63, 3.8) is 0 Å². The fraction of sp³-hybridized carbons (Fsp3) is 0.250. The molecule has 3 nitrogen and oxygen atoms in total. The Bertz CT molecular complexity index is 437. The largest absolute Gasteiger partial charge is 0.398 e. The molecule has 1 atom stereocenters. The maximum absolute atomic E-state index is 12.9. The Morgan fingerprint density at radius 3 is 2.94 bits per heavy atom. The number of benzene rings is 1. The molecule has 3 N–H and O–H groups in total. The Morgan fingerprint density at radius 1 is 1.69 bits per heavy atom. The Hall–Kier alpha value is -2.02. The van der Waals surface area contributed by atoms with Gasteiger partial charge in [0.05, 0.1) is 11.6 Å². The van der Waals surface area contributed by atoms with Gasteiger partial charge in [0.25, 0.3) is 5.91 Å². The zero-order chi connectivity index (χ0) is 12.1. The van der Waals surface area contributed by atoms with Crippen LogP contribution in [0, 0.1) is 18.2 Å². The summed E-state index contributed by atoms with van der Waals surface area (Å²) in [6.07, 6.45) is 5.82. The van der Waals surface area contributed by atoms with E-state index in [1.807, 2.05) is 6.92 Å². The number of hydrogen-bond acceptors (Lipinski definition) is 2. The molecular formula is C12H13FN2O. The maximum Gasteiger partial charge on any atom is 0.254 e. The monoisotopic (exact) mass is 220 g/mol. The van der Waals surface area contributed by atoms with Gasteiger partial charge in [-0.15, -0.1) is 6.42 Å². The van der Waals surface area contributed by atoms with Gasteiger partial charge >= 0.3 is 0 Å². The summed E-state index contributed by atoms with van der Waals surface area (Å²) < 4.78 is 12.9. The van der Waals surface area contributed by atoms with Gasteiger partial charge in [-0.2, -0.15) is 0 Å². The van der Waals surface area contributed by atoms with Crippen LogP contribution in [0.4, 0.5) is 10.1 Å². The van der Waals surface area contributed by atoms with E-state index in [-0.39, 0.29) is 17.3 Å². The third-order valence-electron chi connectivity index (χ3n) is 2.17. The molecule has 0 saturated carbocycles. The molecule has 0 fully saturated rings. The van der Waals surface area contributed by atoms with Crippen LogP contribution in [0.25, 0.3) is 0 Å². The topological polar surface area (TPSA) is 55.1 Å². The fourth-order valence-corrected chi connectivity index (χ4v) is 1.22. The first-order valence-electron chi connectivity index (χ1n) is 4.90. The molecule has 16 heavy (non-hydrogen) atoms. The van der Waals surface area contributed by atoms with Crippen molar-refractivity contribution >= 4 is 11.6 Å². The highest BCUT2D eigenvalue weighted by molar-refractivity contribution is 5.99. The van der Waals surface area contributed by atoms with Gasteiger partial charge in [-0.3, -0.25) is 4.79 Å². The molecule has 0 aliphatic heterocycles. The smallest absolute Gasteiger partial charge is 0.254 e. The van der Waals surface area contributed by atoms with E-state index in [1.54, 1.807) is 0 Å². The van der Waals surface area contributed by atoms with Crippen molar-refractivity contribution in [2.24, 2.45) is 0 Å². The fourth-order valence-electron chi connectivity index (χ4n) is 1.22. The van der Waals surface area contributed by atoms with E-state index >= 15 is 0 Å². The molecule has 1 aromatic rings. The van der Waals surface area contributed by atoms with Crippen molar-refractivity contribution in [3.05, 3.63) is 29.6 Å². The van der Waals surface area contributed by atoms with Gasteiger partial charge in [0, 0.05) is 5.69 Å². The van der Waals surface area contributed by atoms with Gasteiger partial charge in [-0.05, 0) is 24.6 Å². The van der Waals surface area contributed by atoms with Crippen LogP contribution in [-0.2, 0) is 0 Å². The molecule has 0 bridgehead atoms. The molecule has 0 aliphatic rings. The highest BCUT2D eigenvalue weighted by Crippen LogP contribution is 2.13. The number of anilines is 1. The average Bonchev–Trinajstić information content (AvgIpc) is 2.28. The molecule has 1 amide bonds. The van der Waals surface area contributed by atoms with E-state index in [0.29, 0.717) is 6.42 Å². The molecule has 1 aromatic carbocycles. The summed E-state index contributed by atoms with van der Waals surface area (Å²) in [4.78, 5) is 11.7. The highest BCUT2D eigenvalue weighted by Gasteiger charge is 2.13. The van der Waals surface area contributed by atoms with Gasteiger partial charge in [0.2, 0.25) is 0 Å². The van der Waals surface area contributed by atoms with Gasteiger partial charge in [-0.25, -0.2) is 4.39 Å². The zero-order valence-corrected chi connectivity index (χ0v) is 8.96. The van der Waals surface area contributed by atoms with Crippen LogP contribution in [0.1, 0.15) is 23.7 Å². The number of rotatable bonds is 3. The van der Waals surface area contributed by atoms with E-state index < -0.39 is 11.7 Å². The molecule has 1 rings (SSSR count). The van der Waals surface area contributed by atoms with E-state index in [2.05, 4.69) is 11.2 Å². The normalized spacial score (nSPS) is 11.6. The second-order valence-electron chi connectivity index (χ2n) is 3.33. The summed E-state index contributed by atoms with van der Waals surface area (Å²) in [5.74, 6) is 1.46. The Morgan fingerprint density at radius 2 is 2.38 bits per heavy atom. The average molecular weight is 220 g/mol. The Kier molecular flexibility index (Phi) is 3.90. The van der Waals surface area contributed by atoms with Crippen LogP contribution in [0.5, 0.6) is 0 Å². The molecule has 0 saturated heterocycles. The number of halogens is 1. The summed E-state index contributed by atoms with van der Waals surface area (Å²) in [5.41, 5.74) is 5.90. The highest BCUT2D eigenvalue weighted by atomic mass is 19.1. The SMILES string of the molecule is C#CC(CC)NC(=O)c1cc(F)ccc1N. The summed E-state index contributed by atoms with van der Waals surface area (Å²) in [5, 5.41) is 2.58. The zero-order valence-electron chi connectivity index (χ0n) is 8.96. The third-order valence-corrected chi connectivity index (χ3v) is 2.17. The third kappa shape index (κ3) is 2.74. The van der Waals surface area contributed by atoms with E-state index in [9.17, 15) is 9.18 Å². The number of amides is 1. The predicted octanol–water partition coefficient (Wildman–Crippen LogP) is 1.55. The van der Waals surface area contributed by atoms with Crippen molar-refractivity contribution in [1.82, 2.24) is 5.32 Å². The van der Waals surface area contributed by atoms with Crippen molar-refractivity contribution in [3.8, 4) is 12.3 Å². The number of nitrogen functional groups attached to an aromatic ring is 1. The van der Waals surface area contributed by atoms with E-state index in [0.717, 1.165) is 6.07 Å². The summed E-state index contributed by atoms with van der Waals surface area (Å²) in [6, 6.07) is 3.27. The molecule has 4 heteroatoms. The molecule has 0 spiro atoms. The second kappa shape index (κ2) is 5.17. The Labute approximate surface area is 93.8 Å². The first kappa shape index (κ1) is 12.1. The lowest BCUT2D eigenvalue weighted by Crippen LogP contribution is -2.33. The molecule has 84 valence electrons. The molecule has 0 aliphatic carbocycles. The van der Waals surface area contributed by atoms with E-state index in [4.69, 9.17) is 12.2 Å². The van der Waals surface area contributed by atoms with Gasteiger partial charge in [0.15, 0.2) is 0 Å². The quantitative estimate of drug-likeness (QED) is 0.599. The number of hydrogen-bond donors (Lipinski definition) is 2. The van der Waals surface area contributed by atoms with Crippen LogP contribution < -0.4 is 11.1 Å². The van der Waals surface area contributed by atoms with Crippen LogP contribution >= 0.6 is 0 Å². The number of nitrogens with one attached hydrogen (secondary N) is 1. The second-order valence-corrected chi connectivity index (χ2v) is 3.33. The molecule has 1 unspecified atom stereocenters. The standard InChI is InChI=1S/C12H13FN2O/c1-3-9(4-2)15-12(16)10-7-8(13)5-6-11(10)14/h1,5-7,9H,4,14H2,2H3,(H,15,16). The first-order chi connectivity index (χ1) is 7.58. The Balaban J connectivity index is 2.89. The lowest BCUT2D eigenvalue weighted by Gasteiger charge is -2.11. The van der Waals surface area contributed by atoms with E-state index in [1.165, 1.54) is 12.1 Å². The van der Waals surface area contributed by atoms with Gasteiger partial charge in [-0.1, -0.05) is 12.8 Å². The number of carbonyl (C=O) groups excluding carboxylic acids is 1. The number of carbonyl (C=O) groups is 1. The minimum absolute atomic E-state index is 0.105. The molecular weight excluding hydrogens is 207 g/mol. The molecule has 0 radical (unpaired) electrons. The van der Waals surface area contributed by atoms with Crippen LogP contribution in [0.3, 0.4) is 0 Å². The van der Waals surface area contributed by atoms with Crippen molar-refractivity contribution < 1.29 is 9.18 Å². The molecule has 0 heterocycles. The summed E-state index contributed by atoms with van der Waals surface area (Å²) in [6.45, 7) is 1.85. The van der Waals surface area contributed by atoms with Crippen molar-refractivity contribution in [2.75, 3.05) is 5.73 Å².